The van der Waals surface area contributed by atoms with Crippen LogP contribution in [0.25, 0.3) is 0 Å². The lowest BCUT2D eigenvalue weighted by Gasteiger charge is -2.13. The maximum atomic E-state index is 12.0. The van der Waals surface area contributed by atoms with Gasteiger partial charge in [0.2, 0.25) is 5.91 Å². The van der Waals surface area contributed by atoms with Crippen LogP contribution < -0.4 is 5.32 Å². The lowest BCUT2D eigenvalue weighted by Crippen LogP contribution is -2.24. The normalized spacial score (nSPS) is 13.6. The Hall–Kier alpha value is -1.79. The predicted octanol–water partition coefficient (Wildman–Crippen LogP) is 2.29. The molecule has 0 saturated heterocycles. The second kappa shape index (κ2) is 7.66. The summed E-state index contributed by atoms with van der Waals surface area (Å²) in [4.78, 5) is 13.2. The summed E-state index contributed by atoms with van der Waals surface area (Å²) < 4.78 is 7.41. The Labute approximate surface area is 140 Å². The topological polar surface area (TPSA) is 56.2 Å². The van der Waals surface area contributed by atoms with Crippen LogP contribution in [0.4, 0.5) is 0 Å². The number of benzene rings is 1. The third-order valence-electron chi connectivity index (χ3n) is 3.88. The number of hydrogen-bond acceptors (Lipinski definition) is 4. The van der Waals surface area contributed by atoms with Crippen LogP contribution in [0.2, 0.25) is 0 Å². The second-order valence-corrected chi connectivity index (χ2v) is 6.65. The van der Waals surface area contributed by atoms with E-state index in [0.717, 1.165) is 30.0 Å². The van der Waals surface area contributed by atoms with Crippen LogP contribution in [-0.2, 0) is 36.2 Å². The lowest BCUT2D eigenvalue weighted by molar-refractivity contribution is -0.120. The van der Waals surface area contributed by atoms with Crippen molar-refractivity contribution in [3.05, 3.63) is 47.3 Å². The highest BCUT2D eigenvalue weighted by molar-refractivity contribution is 7.99. The number of fused-ring (bicyclic) bond motifs is 1. The summed E-state index contributed by atoms with van der Waals surface area (Å²) in [7, 11) is 1.95. The molecule has 122 valence electrons. The van der Waals surface area contributed by atoms with Gasteiger partial charge < -0.3 is 10.1 Å². The van der Waals surface area contributed by atoms with Crippen LogP contribution in [0.5, 0.6) is 0 Å². The number of carbonyl (C=O) groups is 1. The van der Waals surface area contributed by atoms with Gasteiger partial charge in [-0.25, -0.2) is 0 Å². The molecule has 1 aromatic carbocycles. The highest BCUT2D eigenvalue weighted by Gasteiger charge is 2.19. The van der Waals surface area contributed by atoms with E-state index < -0.39 is 0 Å². The minimum Gasteiger partial charge on any atom is -0.376 e. The zero-order chi connectivity index (χ0) is 16.1. The molecule has 0 saturated carbocycles. The molecule has 0 fully saturated rings. The molecule has 0 aliphatic carbocycles. The molecule has 1 amide bonds. The fourth-order valence-corrected chi connectivity index (χ4v) is 3.55. The summed E-state index contributed by atoms with van der Waals surface area (Å²) in [6.07, 6.45) is 1.39. The second-order valence-electron chi connectivity index (χ2n) is 5.49. The molecule has 1 aliphatic rings. The van der Waals surface area contributed by atoms with Gasteiger partial charge in [-0.15, -0.1) is 11.8 Å². The van der Waals surface area contributed by atoms with Crippen molar-refractivity contribution in [1.82, 2.24) is 15.1 Å². The molecule has 2 heterocycles. The van der Waals surface area contributed by atoms with E-state index in [1.54, 1.807) is 11.8 Å². The van der Waals surface area contributed by atoms with Crippen molar-refractivity contribution >= 4 is 17.7 Å². The van der Waals surface area contributed by atoms with Crippen molar-refractivity contribution in [3.8, 4) is 0 Å². The molecule has 0 atom stereocenters. The van der Waals surface area contributed by atoms with Crippen molar-refractivity contribution in [2.45, 2.75) is 30.9 Å². The molecule has 2 aromatic rings. The monoisotopic (exact) mass is 331 g/mol. The standard InChI is InChI=1S/C17H21N3O2S/c1-20-16-7-9-22-12-14(16)15(19-20)11-18-17(21)8-10-23-13-5-3-2-4-6-13/h2-6H,7-12H2,1H3,(H,18,21). The quantitative estimate of drug-likeness (QED) is 0.825. The average Bonchev–Trinajstić information content (AvgIpc) is 2.91. The number of hydrogen-bond donors (Lipinski definition) is 1. The number of ether oxygens (including phenoxy) is 1. The summed E-state index contributed by atoms with van der Waals surface area (Å²) >= 11 is 1.70. The molecule has 0 spiro atoms. The van der Waals surface area contributed by atoms with E-state index in [-0.39, 0.29) is 5.91 Å². The summed E-state index contributed by atoms with van der Waals surface area (Å²) in [5, 5.41) is 7.47. The van der Waals surface area contributed by atoms with E-state index in [9.17, 15) is 4.79 Å². The summed E-state index contributed by atoms with van der Waals surface area (Å²) in [6, 6.07) is 10.1. The average molecular weight is 331 g/mol. The fraction of sp³-hybridized carbons (Fsp3) is 0.412. The molecule has 3 rings (SSSR count). The highest BCUT2D eigenvalue weighted by atomic mass is 32.2. The molecular formula is C17H21N3O2S. The molecule has 1 aromatic heterocycles. The molecule has 0 unspecified atom stereocenters. The highest BCUT2D eigenvalue weighted by Crippen LogP contribution is 2.20. The Balaban J connectivity index is 1.46. The lowest BCUT2D eigenvalue weighted by atomic mass is 10.1. The number of nitrogens with one attached hydrogen (secondary N) is 1. The molecule has 0 radical (unpaired) electrons. The molecule has 0 bridgehead atoms. The minimum atomic E-state index is 0.0598. The maximum absolute atomic E-state index is 12.0. The number of nitrogens with zero attached hydrogens (tertiary/aromatic N) is 2. The maximum Gasteiger partial charge on any atom is 0.221 e. The molecule has 1 aliphatic heterocycles. The molecular weight excluding hydrogens is 310 g/mol. The third-order valence-corrected chi connectivity index (χ3v) is 4.90. The summed E-state index contributed by atoms with van der Waals surface area (Å²) in [6.45, 7) is 1.81. The van der Waals surface area contributed by atoms with Gasteiger partial charge in [-0.1, -0.05) is 18.2 Å². The first-order valence-corrected chi connectivity index (χ1v) is 8.78. The van der Waals surface area contributed by atoms with E-state index in [2.05, 4.69) is 22.5 Å². The van der Waals surface area contributed by atoms with Gasteiger partial charge in [0.05, 0.1) is 25.5 Å². The Morgan fingerprint density at radius 1 is 1.39 bits per heavy atom. The van der Waals surface area contributed by atoms with Crippen LogP contribution in [0.1, 0.15) is 23.4 Å². The number of amides is 1. The molecule has 1 N–H and O–H groups in total. The fourth-order valence-electron chi connectivity index (χ4n) is 2.68. The van der Waals surface area contributed by atoms with Crippen molar-refractivity contribution in [1.29, 1.82) is 0 Å². The summed E-state index contributed by atoms with van der Waals surface area (Å²) in [5.41, 5.74) is 3.28. The summed E-state index contributed by atoms with van der Waals surface area (Å²) in [5.74, 6) is 0.837. The van der Waals surface area contributed by atoms with Gasteiger partial charge in [0, 0.05) is 41.8 Å². The zero-order valence-electron chi connectivity index (χ0n) is 13.2. The van der Waals surface area contributed by atoms with Crippen LogP contribution in [0.3, 0.4) is 0 Å². The van der Waals surface area contributed by atoms with Gasteiger partial charge >= 0.3 is 0 Å². The smallest absolute Gasteiger partial charge is 0.221 e. The van der Waals surface area contributed by atoms with E-state index in [4.69, 9.17) is 4.74 Å². The predicted molar refractivity (Wildman–Crippen MR) is 90.2 cm³/mol. The number of rotatable bonds is 6. The Bertz CT molecular complexity index is 670. The largest absolute Gasteiger partial charge is 0.376 e. The Kier molecular flexibility index (Phi) is 5.35. The Morgan fingerprint density at radius 3 is 3.04 bits per heavy atom. The number of aryl methyl sites for hydroxylation is 1. The van der Waals surface area contributed by atoms with Crippen molar-refractivity contribution in [2.75, 3.05) is 12.4 Å². The van der Waals surface area contributed by atoms with Gasteiger partial charge in [-0.3, -0.25) is 9.48 Å². The molecule has 6 heteroatoms. The first-order valence-electron chi connectivity index (χ1n) is 7.80. The first-order chi connectivity index (χ1) is 11.2. The molecule has 5 nitrogen and oxygen atoms in total. The van der Waals surface area contributed by atoms with Crippen molar-refractivity contribution in [2.24, 2.45) is 7.05 Å². The number of thioether (sulfide) groups is 1. The van der Waals surface area contributed by atoms with Crippen LogP contribution in [0, 0.1) is 0 Å². The zero-order valence-corrected chi connectivity index (χ0v) is 14.1. The van der Waals surface area contributed by atoms with Gasteiger partial charge in [0.1, 0.15) is 0 Å². The third kappa shape index (κ3) is 4.14. The number of aromatic nitrogens is 2. The van der Waals surface area contributed by atoms with E-state index in [0.29, 0.717) is 19.6 Å². The van der Waals surface area contributed by atoms with E-state index in [1.807, 2.05) is 29.9 Å². The van der Waals surface area contributed by atoms with E-state index >= 15 is 0 Å². The SMILES string of the molecule is Cn1nc(CNC(=O)CCSc2ccccc2)c2c1CCOC2. The minimum absolute atomic E-state index is 0.0598. The first kappa shape index (κ1) is 16.1. The number of carbonyl (C=O) groups excluding carboxylic acids is 1. The van der Waals surface area contributed by atoms with Gasteiger partial charge in [0.15, 0.2) is 0 Å². The van der Waals surface area contributed by atoms with Crippen molar-refractivity contribution < 1.29 is 9.53 Å². The molecule has 23 heavy (non-hydrogen) atoms. The van der Waals surface area contributed by atoms with Crippen molar-refractivity contribution in [3.63, 3.8) is 0 Å². The van der Waals surface area contributed by atoms with Gasteiger partial charge in [0.25, 0.3) is 0 Å². The van der Waals surface area contributed by atoms with E-state index in [1.165, 1.54) is 10.6 Å². The van der Waals surface area contributed by atoms with Gasteiger partial charge in [-0.05, 0) is 12.1 Å². The van der Waals surface area contributed by atoms with Crippen LogP contribution >= 0.6 is 11.8 Å². The Morgan fingerprint density at radius 2 is 2.22 bits per heavy atom. The van der Waals surface area contributed by atoms with Crippen LogP contribution in [-0.4, -0.2) is 28.0 Å². The van der Waals surface area contributed by atoms with Crippen LogP contribution in [0.15, 0.2) is 35.2 Å². The van der Waals surface area contributed by atoms with Gasteiger partial charge in [-0.2, -0.15) is 5.10 Å².